The van der Waals surface area contributed by atoms with E-state index in [9.17, 15) is 4.79 Å². The van der Waals surface area contributed by atoms with Gasteiger partial charge in [0, 0.05) is 36.5 Å². The fourth-order valence-corrected chi connectivity index (χ4v) is 2.05. The molecule has 0 atom stereocenters. The first-order valence-corrected chi connectivity index (χ1v) is 7.20. The summed E-state index contributed by atoms with van der Waals surface area (Å²) in [4.78, 5) is 13.5. The molecule has 0 aliphatic carbocycles. The number of nitrogens with zero attached hydrogens (tertiary/aromatic N) is 1. The predicted molar refractivity (Wildman–Crippen MR) is 79.0 cm³/mol. The average Bonchev–Trinajstić information content (AvgIpc) is 2.39. The van der Waals surface area contributed by atoms with Crippen molar-refractivity contribution in [3.8, 4) is 5.75 Å². The molecule has 0 heterocycles. The van der Waals surface area contributed by atoms with Gasteiger partial charge in [-0.25, -0.2) is 0 Å². The van der Waals surface area contributed by atoms with Crippen LogP contribution in [0.1, 0.15) is 25.3 Å². The number of hydrogen-bond acceptors (Lipinski definition) is 2. The van der Waals surface area contributed by atoms with Gasteiger partial charge in [-0.3, -0.25) is 4.79 Å². The summed E-state index contributed by atoms with van der Waals surface area (Å²) >= 11 is 11.6. The Hall–Kier alpha value is -0.930. The Balaban J connectivity index is 2.74. The van der Waals surface area contributed by atoms with Gasteiger partial charge in [-0.05, 0) is 31.5 Å². The number of alkyl halides is 1. The van der Waals surface area contributed by atoms with Crippen LogP contribution in [0.15, 0.2) is 18.2 Å². The number of hydrogen-bond donors (Lipinski definition) is 0. The molecule has 5 heteroatoms. The first-order chi connectivity index (χ1) is 9.08. The lowest BCUT2D eigenvalue weighted by atomic mass is 10.2. The summed E-state index contributed by atoms with van der Waals surface area (Å²) in [6, 6.07) is 5.45. The summed E-state index contributed by atoms with van der Waals surface area (Å²) in [5.74, 6) is 1.34. The number of ether oxygens (including phenoxy) is 1. The van der Waals surface area contributed by atoms with Crippen LogP contribution >= 0.6 is 23.2 Å². The predicted octanol–water partition coefficient (Wildman–Crippen LogP) is 3.72. The Kier molecular flexibility index (Phi) is 7.03. The fraction of sp³-hybridized carbons (Fsp3) is 0.500. The maximum Gasteiger partial charge on any atom is 0.222 e. The first-order valence-electron chi connectivity index (χ1n) is 6.29. The second kappa shape index (κ2) is 8.28. The molecule has 1 aromatic rings. The quantitative estimate of drug-likeness (QED) is 0.719. The maximum atomic E-state index is 11.9. The van der Waals surface area contributed by atoms with Gasteiger partial charge < -0.3 is 9.64 Å². The highest BCUT2D eigenvalue weighted by Crippen LogP contribution is 2.24. The Labute approximate surface area is 124 Å². The van der Waals surface area contributed by atoms with Crippen molar-refractivity contribution in [2.24, 2.45) is 0 Å². The number of carbonyl (C=O) groups is 1. The summed E-state index contributed by atoms with van der Waals surface area (Å²) < 4.78 is 5.54. The highest BCUT2D eigenvalue weighted by molar-refractivity contribution is 6.30. The molecule has 0 bridgehead atoms. The number of benzene rings is 1. The standard InChI is InChI=1S/C14H19Cl2NO2/c1-3-19-13-7-6-12(16)9-11(13)10-17(2)14(18)5-4-8-15/h6-7,9H,3-5,8,10H2,1-2H3. The SMILES string of the molecule is CCOc1ccc(Cl)cc1CN(C)C(=O)CCCCl. The van der Waals surface area contributed by atoms with Crippen molar-refractivity contribution in [1.82, 2.24) is 4.90 Å². The van der Waals surface area contributed by atoms with Crippen LogP contribution < -0.4 is 4.74 Å². The van der Waals surface area contributed by atoms with Gasteiger partial charge in [-0.2, -0.15) is 0 Å². The molecule has 3 nitrogen and oxygen atoms in total. The second-order valence-corrected chi connectivity index (χ2v) is 5.04. The molecule has 1 aromatic carbocycles. The summed E-state index contributed by atoms with van der Waals surface area (Å²) in [5, 5.41) is 0.639. The van der Waals surface area contributed by atoms with E-state index < -0.39 is 0 Å². The van der Waals surface area contributed by atoms with Crippen LogP contribution in [0.4, 0.5) is 0 Å². The number of rotatable bonds is 7. The summed E-state index contributed by atoms with van der Waals surface area (Å²) in [6.07, 6.45) is 1.16. The minimum absolute atomic E-state index is 0.0723. The molecule has 0 saturated heterocycles. The third-order valence-electron chi connectivity index (χ3n) is 2.68. The van der Waals surface area contributed by atoms with E-state index in [-0.39, 0.29) is 5.91 Å². The monoisotopic (exact) mass is 303 g/mol. The molecule has 19 heavy (non-hydrogen) atoms. The topological polar surface area (TPSA) is 29.5 Å². The van der Waals surface area contributed by atoms with Crippen LogP contribution in [0.2, 0.25) is 5.02 Å². The largest absolute Gasteiger partial charge is 0.494 e. The zero-order valence-corrected chi connectivity index (χ0v) is 12.8. The third kappa shape index (κ3) is 5.29. The van der Waals surface area contributed by atoms with Crippen LogP contribution in [0.25, 0.3) is 0 Å². The zero-order chi connectivity index (χ0) is 14.3. The normalized spacial score (nSPS) is 10.3. The first kappa shape index (κ1) is 16.1. The highest BCUT2D eigenvalue weighted by Gasteiger charge is 2.12. The minimum Gasteiger partial charge on any atom is -0.494 e. The van der Waals surface area contributed by atoms with Gasteiger partial charge in [0.15, 0.2) is 0 Å². The van der Waals surface area contributed by atoms with Crippen molar-refractivity contribution in [2.75, 3.05) is 19.5 Å². The van der Waals surface area contributed by atoms with Gasteiger partial charge in [0.2, 0.25) is 5.91 Å². The van der Waals surface area contributed by atoms with E-state index in [1.54, 1.807) is 18.0 Å². The van der Waals surface area contributed by atoms with E-state index in [1.807, 2.05) is 19.1 Å². The molecule has 1 amide bonds. The Morgan fingerprint density at radius 3 is 2.79 bits per heavy atom. The van der Waals surface area contributed by atoms with E-state index in [1.165, 1.54) is 0 Å². The number of halogens is 2. The van der Waals surface area contributed by atoms with Crippen LogP contribution in [0.3, 0.4) is 0 Å². The van der Waals surface area contributed by atoms with Crippen LogP contribution in [-0.2, 0) is 11.3 Å². The molecule has 0 aliphatic heterocycles. The van der Waals surface area contributed by atoms with E-state index in [0.29, 0.717) is 36.9 Å². The van der Waals surface area contributed by atoms with Crippen LogP contribution in [0, 0.1) is 0 Å². The Bertz CT molecular complexity index is 424. The number of amides is 1. The summed E-state index contributed by atoms with van der Waals surface area (Å²) in [6.45, 7) is 2.99. The van der Waals surface area contributed by atoms with Gasteiger partial charge >= 0.3 is 0 Å². The molecule has 0 fully saturated rings. The summed E-state index contributed by atoms with van der Waals surface area (Å²) in [7, 11) is 1.77. The van der Waals surface area contributed by atoms with E-state index in [4.69, 9.17) is 27.9 Å². The van der Waals surface area contributed by atoms with Crippen molar-refractivity contribution in [2.45, 2.75) is 26.3 Å². The van der Waals surface area contributed by atoms with E-state index in [0.717, 1.165) is 11.3 Å². The molecule has 0 aromatic heterocycles. The average molecular weight is 304 g/mol. The molecule has 0 N–H and O–H groups in total. The van der Waals surface area contributed by atoms with E-state index in [2.05, 4.69) is 0 Å². The van der Waals surface area contributed by atoms with Crippen molar-refractivity contribution in [3.05, 3.63) is 28.8 Å². The van der Waals surface area contributed by atoms with Crippen LogP contribution in [-0.4, -0.2) is 30.3 Å². The molecular formula is C14H19Cl2NO2. The molecule has 0 unspecified atom stereocenters. The van der Waals surface area contributed by atoms with Gasteiger partial charge in [0.1, 0.15) is 5.75 Å². The lowest BCUT2D eigenvalue weighted by Crippen LogP contribution is -2.26. The lowest BCUT2D eigenvalue weighted by Gasteiger charge is -2.19. The Morgan fingerprint density at radius 2 is 2.16 bits per heavy atom. The van der Waals surface area contributed by atoms with Crippen molar-refractivity contribution >= 4 is 29.1 Å². The highest BCUT2D eigenvalue weighted by atomic mass is 35.5. The molecule has 0 saturated carbocycles. The molecular weight excluding hydrogens is 285 g/mol. The van der Waals surface area contributed by atoms with Gasteiger partial charge in [-0.15, -0.1) is 11.6 Å². The van der Waals surface area contributed by atoms with Crippen molar-refractivity contribution in [1.29, 1.82) is 0 Å². The number of carbonyl (C=O) groups excluding carboxylic acids is 1. The van der Waals surface area contributed by atoms with Gasteiger partial charge in [0.25, 0.3) is 0 Å². The minimum atomic E-state index is 0.0723. The smallest absolute Gasteiger partial charge is 0.222 e. The van der Waals surface area contributed by atoms with Crippen molar-refractivity contribution < 1.29 is 9.53 Å². The lowest BCUT2D eigenvalue weighted by molar-refractivity contribution is -0.130. The molecule has 0 radical (unpaired) electrons. The fourth-order valence-electron chi connectivity index (χ4n) is 1.72. The molecule has 0 spiro atoms. The molecule has 1 rings (SSSR count). The van der Waals surface area contributed by atoms with Crippen molar-refractivity contribution in [3.63, 3.8) is 0 Å². The van der Waals surface area contributed by atoms with Gasteiger partial charge in [-0.1, -0.05) is 11.6 Å². The second-order valence-electron chi connectivity index (χ2n) is 4.23. The molecule has 106 valence electrons. The van der Waals surface area contributed by atoms with Gasteiger partial charge in [0.05, 0.1) is 6.61 Å². The van der Waals surface area contributed by atoms with E-state index >= 15 is 0 Å². The third-order valence-corrected chi connectivity index (χ3v) is 3.18. The zero-order valence-electron chi connectivity index (χ0n) is 11.3. The molecule has 0 aliphatic rings. The maximum absolute atomic E-state index is 11.9. The Morgan fingerprint density at radius 1 is 1.42 bits per heavy atom. The van der Waals surface area contributed by atoms with Crippen LogP contribution in [0.5, 0.6) is 5.75 Å². The summed E-state index contributed by atoms with van der Waals surface area (Å²) in [5.41, 5.74) is 0.913.